The van der Waals surface area contributed by atoms with Crippen LogP contribution >= 0.6 is 0 Å². The SMILES string of the molecule is CCNCCNC(=O)c1cccc(NC(C)C(C)C)c1C. The first-order valence-corrected chi connectivity index (χ1v) is 7.82. The molecule has 1 aromatic carbocycles. The Morgan fingerprint density at radius 2 is 1.90 bits per heavy atom. The third-order valence-corrected chi connectivity index (χ3v) is 3.80. The van der Waals surface area contributed by atoms with Gasteiger partial charge in [-0.1, -0.05) is 26.8 Å². The summed E-state index contributed by atoms with van der Waals surface area (Å²) in [5, 5.41) is 9.63. The highest BCUT2D eigenvalue weighted by Gasteiger charge is 2.13. The van der Waals surface area contributed by atoms with Crippen LogP contribution in [0.4, 0.5) is 5.69 Å². The molecule has 0 radical (unpaired) electrons. The lowest BCUT2D eigenvalue weighted by atomic mass is 10.0. The number of rotatable bonds is 8. The summed E-state index contributed by atoms with van der Waals surface area (Å²) in [6, 6.07) is 6.21. The summed E-state index contributed by atoms with van der Waals surface area (Å²) in [5.41, 5.74) is 2.79. The molecule has 0 saturated carbocycles. The van der Waals surface area contributed by atoms with Crippen LogP contribution in [-0.2, 0) is 0 Å². The van der Waals surface area contributed by atoms with Gasteiger partial charge in [-0.15, -0.1) is 0 Å². The number of hydrogen-bond donors (Lipinski definition) is 3. The molecule has 4 nitrogen and oxygen atoms in total. The van der Waals surface area contributed by atoms with Gasteiger partial charge in [-0.25, -0.2) is 0 Å². The van der Waals surface area contributed by atoms with Crippen LogP contribution in [0, 0.1) is 12.8 Å². The monoisotopic (exact) mass is 291 g/mol. The summed E-state index contributed by atoms with van der Waals surface area (Å²) in [6.45, 7) is 12.9. The van der Waals surface area contributed by atoms with E-state index in [0.717, 1.165) is 29.9 Å². The molecular weight excluding hydrogens is 262 g/mol. The molecule has 1 atom stereocenters. The molecule has 1 amide bonds. The van der Waals surface area contributed by atoms with E-state index in [2.05, 4.69) is 43.6 Å². The van der Waals surface area contributed by atoms with Gasteiger partial charge in [0.25, 0.3) is 5.91 Å². The lowest BCUT2D eigenvalue weighted by molar-refractivity contribution is 0.0953. The molecule has 0 fully saturated rings. The maximum atomic E-state index is 12.2. The fourth-order valence-corrected chi connectivity index (χ4v) is 1.99. The van der Waals surface area contributed by atoms with Crippen molar-refractivity contribution >= 4 is 11.6 Å². The minimum Gasteiger partial charge on any atom is -0.382 e. The summed E-state index contributed by atoms with van der Waals surface area (Å²) in [6.07, 6.45) is 0. The number of anilines is 1. The third kappa shape index (κ3) is 5.38. The second-order valence-corrected chi connectivity index (χ2v) is 5.76. The Balaban J connectivity index is 2.73. The minimum absolute atomic E-state index is 0.00810. The Morgan fingerprint density at radius 3 is 2.52 bits per heavy atom. The van der Waals surface area contributed by atoms with Crippen molar-refractivity contribution in [3.63, 3.8) is 0 Å². The second-order valence-electron chi connectivity index (χ2n) is 5.76. The van der Waals surface area contributed by atoms with Gasteiger partial charge in [0.05, 0.1) is 0 Å². The van der Waals surface area contributed by atoms with Gasteiger partial charge >= 0.3 is 0 Å². The quantitative estimate of drug-likeness (QED) is 0.646. The molecule has 21 heavy (non-hydrogen) atoms. The largest absolute Gasteiger partial charge is 0.382 e. The average Bonchev–Trinajstić information content (AvgIpc) is 2.45. The number of carbonyl (C=O) groups excluding carboxylic acids is 1. The summed E-state index contributed by atoms with van der Waals surface area (Å²) in [5.74, 6) is 0.535. The number of likely N-dealkylation sites (N-methyl/N-ethyl adjacent to an activating group) is 1. The molecule has 0 heterocycles. The first-order chi connectivity index (χ1) is 9.97. The lowest BCUT2D eigenvalue weighted by Gasteiger charge is -2.21. The van der Waals surface area contributed by atoms with Gasteiger partial charge in [0.15, 0.2) is 0 Å². The lowest BCUT2D eigenvalue weighted by Crippen LogP contribution is -2.32. The zero-order chi connectivity index (χ0) is 15.8. The molecule has 0 saturated heterocycles. The number of amides is 1. The van der Waals surface area contributed by atoms with Crippen LogP contribution in [0.15, 0.2) is 18.2 Å². The van der Waals surface area contributed by atoms with Crippen molar-refractivity contribution in [1.82, 2.24) is 10.6 Å². The van der Waals surface area contributed by atoms with Gasteiger partial charge in [-0.05, 0) is 44.0 Å². The maximum Gasteiger partial charge on any atom is 0.251 e. The number of benzene rings is 1. The minimum atomic E-state index is -0.00810. The topological polar surface area (TPSA) is 53.2 Å². The van der Waals surface area contributed by atoms with Gasteiger partial charge < -0.3 is 16.0 Å². The van der Waals surface area contributed by atoms with Gasteiger partial charge in [0, 0.05) is 30.4 Å². The van der Waals surface area contributed by atoms with Gasteiger partial charge in [0.1, 0.15) is 0 Å². The van der Waals surface area contributed by atoms with Crippen LogP contribution in [0.2, 0.25) is 0 Å². The van der Waals surface area contributed by atoms with E-state index in [1.165, 1.54) is 0 Å². The van der Waals surface area contributed by atoms with Crippen LogP contribution in [0.5, 0.6) is 0 Å². The number of hydrogen-bond acceptors (Lipinski definition) is 3. The molecule has 0 aliphatic carbocycles. The molecule has 3 N–H and O–H groups in total. The van der Waals surface area contributed by atoms with Crippen LogP contribution in [-0.4, -0.2) is 31.6 Å². The zero-order valence-corrected chi connectivity index (χ0v) is 13.9. The maximum absolute atomic E-state index is 12.2. The third-order valence-electron chi connectivity index (χ3n) is 3.80. The molecular formula is C17H29N3O. The first kappa shape index (κ1) is 17.5. The molecule has 4 heteroatoms. The zero-order valence-electron chi connectivity index (χ0n) is 13.9. The molecule has 1 unspecified atom stereocenters. The molecule has 1 rings (SSSR count). The number of nitrogens with one attached hydrogen (secondary N) is 3. The first-order valence-electron chi connectivity index (χ1n) is 7.82. The number of carbonyl (C=O) groups is 1. The molecule has 0 aromatic heterocycles. The van der Waals surface area contributed by atoms with E-state index in [1.54, 1.807) is 0 Å². The van der Waals surface area contributed by atoms with Gasteiger partial charge in [0.2, 0.25) is 0 Å². The predicted molar refractivity (Wildman–Crippen MR) is 90.0 cm³/mol. The Hall–Kier alpha value is -1.55. The van der Waals surface area contributed by atoms with Gasteiger partial charge in [-0.3, -0.25) is 4.79 Å². The van der Waals surface area contributed by atoms with Crippen LogP contribution in [0.25, 0.3) is 0 Å². The van der Waals surface area contributed by atoms with Crippen molar-refractivity contribution in [3.05, 3.63) is 29.3 Å². The van der Waals surface area contributed by atoms with E-state index >= 15 is 0 Å². The molecule has 0 spiro atoms. The standard InChI is InChI=1S/C17H29N3O/c1-6-18-10-11-19-17(21)15-8-7-9-16(13(15)4)20-14(5)12(2)3/h7-9,12,14,18,20H,6,10-11H2,1-5H3,(H,19,21). The van der Waals surface area contributed by atoms with Gasteiger partial charge in [-0.2, -0.15) is 0 Å². The van der Waals surface area contributed by atoms with E-state index in [1.807, 2.05) is 25.1 Å². The Kier molecular flexibility index (Phi) is 7.23. The molecule has 0 aliphatic heterocycles. The highest BCUT2D eigenvalue weighted by molar-refractivity contribution is 5.97. The summed E-state index contributed by atoms with van der Waals surface area (Å²) >= 11 is 0. The molecule has 0 aliphatic rings. The summed E-state index contributed by atoms with van der Waals surface area (Å²) in [7, 11) is 0. The Bertz CT molecular complexity index is 457. The normalized spacial score (nSPS) is 12.3. The fourth-order valence-electron chi connectivity index (χ4n) is 1.99. The van der Waals surface area contributed by atoms with Crippen LogP contribution in [0.1, 0.15) is 43.6 Å². The fraction of sp³-hybridized carbons (Fsp3) is 0.588. The van der Waals surface area contributed by atoms with Crippen molar-refractivity contribution in [3.8, 4) is 0 Å². The van der Waals surface area contributed by atoms with E-state index in [9.17, 15) is 4.79 Å². The molecule has 118 valence electrons. The Labute approximate surface area is 128 Å². The summed E-state index contributed by atoms with van der Waals surface area (Å²) in [4.78, 5) is 12.2. The van der Waals surface area contributed by atoms with Crippen LogP contribution in [0.3, 0.4) is 0 Å². The van der Waals surface area contributed by atoms with E-state index in [4.69, 9.17) is 0 Å². The smallest absolute Gasteiger partial charge is 0.251 e. The van der Waals surface area contributed by atoms with E-state index in [0.29, 0.717) is 18.5 Å². The van der Waals surface area contributed by atoms with E-state index in [-0.39, 0.29) is 5.91 Å². The average molecular weight is 291 g/mol. The van der Waals surface area contributed by atoms with Crippen molar-refractivity contribution in [2.24, 2.45) is 5.92 Å². The van der Waals surface area contributed by atoms with Crippen LogP contribution < -0.4 is 16.0 Å². The Morgan fingerprint density at radius 1 is 1.19 bits per heavy atom. The highest BCUT2D eigenvalue weighted by Crippen LogP contribution is 2.21. The van der Waals surface area contributed by atoms with E-state index < -0.39 is 0 Å². The van der Waals surface area contributed by atoms with Crippen molar-refractivity contribution in [2.45, 2.75) is 40.7 Å². The summed E-state index contributed by atoms with van der Waals surface area (Å²) < 4.78 is 0. The molecule has 0 bridgehead atoms. The highest BCUT2D eigenvalue weighted by atomic mass is 16.1. The van der Waals surface area contributed by atoms with Crippen molar-refractivity contribution < 1.29 is 4.79 Å². The molecule has 1 aromatic rings. The van der Waals surface area contributed by atoms with Crippen molar-refractivity contribution in [1.29, 1.82) is 0 Å². The predicted octanol–water partition coefficient (Wildman–Crippen LogP) is 2.79. The second kappa shape index (κ2) is 8.67. The van der Waals surface area contributed by atoms with Crippen molar-refractivity contribution in [2.75, 3.05) is 25.0 Å².